The summed E-state index contributed by atoms with van der Waals surface area (Å²) in [5, 5.41) is 3.57. The summed E-state index contributed by atoms with van der Waals surface area (Å²) < 4.78 is 39.6. The van der Waals surface area contributed by atoms with E-state index < -0.39 is 10.0 Å². The fourth-order valence-electron chi connectivity index (χ4n) is 2.78. The van der Waals surface area contributed by atoms with Crippen molar-refractivity contribution >= 4 is 33.0 Å². The van der Waals surface area contributed by atoms with Gasteiger partial charge < -0.3 is 10.2 Å². The molecular formula is C18H20FN3O2S2. The highest BCUT2D eigenvalue weighted by molar-refractivity contribution is 7.88. The third kappa shape index (κ3) is 4.78. The van der Waals surface area contributed by atoms with Crippen LogP contribution in [0, 0.1) is 5.82 Å². The largest absolute Gasteiger partial charge is 0.346 e. The monoisotopic (exact) mass is 393 g/mol. The molecule has 1 fully saturated rings. The van der Waals surface area contributed by atoms with Crippen LogP contribution in [0.3, 0.4) is 0 Å². The van der Waals surface area contributed by atoms with Crippen LogP contribution in [0.1, 0.15) is 5.56 Å². The maximum atomic E-state index is 13.0. The normalized spacial score (nSPS) is 15.7. The van der Waals surface area contributed by atoms with Gasteiger partial charge in [0, 0.05) is 31.9 Å². The van der Waals surface area contributed by atoms with E-state index >= 15 is 0 Å². The van der Waals surface area contributed by atoms with Crippen molar-refractivity contribution in [2.75, 3.05) is 31.5 Å². The van der Waals surface area contributed by atoms with Gasteiger partial charge in [-0.1, -0.05) is 30.3 Å². The smallest absolute Gasteiger partial charge is 0.218 e. The predicted molar refractivity (Wildman–Crippen MR) is 105 cm³/mol. The quantitative estimate of drug-likeness (QED) is 0.810. The van der Waals surface area contributed by atoms with Crippen molar-refractivity contribution in [2.45, 2.75) is 5.75 Å². The van der Waals surface area contributed by atoms with Crippen molar-refractivity contribution in [1.82, 2.24) is 9.21 Å². The molecule has 0 unspecified atom stereocenters. The molecule has 138 valence electrons. The first kappa shape index (κ1) is 18.8. The van der Waals surface area contributed by atoms with Gasteiger partial charge in [0.25, 0.3) is 0 Å². The summed E-state index contributed by atoms with van der Waals surface area (Å²) in [6.07, 6.45) is 0. The molecule has 0 bridgehead atoms. The van der Waals surface area contributed by atoms with Crippen LogP contribution in [-0.4, -0.2) is 48.9 Å². The van der Waals surface area contributed by atoms with Gasteiger partial charge in [-0.25, -0.2) is 12.8 Å². The second kappa shape index (κ2) is 8.11. The Morgan fingerprint density at radius 1 is 1.00 bits per heavy atom. The first-order valence-electron chi connectivity index (χ1n) is 8.27. The van der Waals surface area contributed by atoms with Gasteiger partial charge in [-0.3, -0.25) is 0 Å². The molecule has 0 aromatic heterocycles. The van der Waals surface area contributed by atoms with Gasteiger partial charge in [0.05, 0.1) is 5.75 Å². The van der Waals surface area contributed by atoms with E-state index in [0.717, 1.165) is 5.56 Å². The zero-order valence-corrected chi connectivity index (χ0v) is 15.8. The molecule has 3 rings (SSSR count). The van der Waals surface area contributed by atoms with Crippen LogP contribution in [0.2, 0.25) is 0 Å². The van der Waals surface area contributed by atoms with E-state index in [1.165, 1.54) is 16.4 Å². The van der Waals surface area contributed by atoms with Gasteiger partial charge in [0.1, 0.15) is 5.82 Å². The highest BCUT2D eigenvalue weighted by Crippen LogP contribution is 2.15. The highest BCUT2D eigenvalue weighted by Gasteiger charge is 2.27. The third-order valence-corrected chi connectivity index (χ3v) is 6.42. The van der Waals surface area contributed by atoms with Crippen LogP contribution < -0.4 is 5.32 Å². The number of thiocarbonyl (C=S) groups is 1. The first-order chi connectivity index (χ1) is 12.4. The number of anilines is 1. The standard InChI is InChI=1S/C18H20FN3O2S2/c19-16-6-8-17(9-7-16)20-18(25)21-10-12-22(13-11-21)26(23,24)14-15-4-2-1-3-5-15/h1-9H,10-14H2,(H,20,25). The van der Waals surface area contributed by atoms with Crippen molar-refractivity contribution in [3.63, 3.8) is 0 Å². The lowest BCUT2D eigenvalue weighted by molar-refractivity contribution is 0.268. The zero-order valence-electron chi connectivity index (χ0n) is 14.1. The third-order valence-electron chi connectivity index (χ3n) is 4.21. The molecule has 2 aromatic carbocycles. The van der Waals surface area contributed by atoms with E-state index in [2.05, 4.69) is 5.32 Å². The number of piperazine rings is 1. The lowest BCUT2D eigenvalue weighted by atomic mass is 10.2. The van der Waals surface area contributed by atoms with Gasteiger partial charge in [-0.15, -0.1) is 0 Å². The summed E-state index contributed by atoms with van der Waals surface area (Å²) >= 11 is 5.38. The molecule has 0 spiro atoms. The van der Waals surface area contributed by atoms with Crippen LogP contribution in [0.15, 0.2) is 54.6 Å². The summed E-state index contributed by atoms with van der Waals surface area (Å²) in [4.78, 5) is 1.92. The highest BCUT2D eigenvalue weighted by atomic mass is 32.2. The molecule has 0 radical (unpaired) electrons. The van der Waals surface area contributed by atoms with Crippen molar-refractivity contribution in [3.8, 4) is 0 Å². The van der Waals surface area contributed by atoms with Crippen LogP contribution in [0.5, 0.6) is 0 Å². The van der Waals surface area contributed by atoms with E-state index in [9.17, 15) is 12.8 Å². The molecule has 5 nitrogen and oxygen atoms in total. The maximum absolute atomic E-state index is 13.0. The lowest BCUT2D eigenvalue weighted by Gasteiger charge is -2.35. The Morgan fingerprint density at radius 2 is 1.62 bits per heavy atom. The van der Waals surface area contributed by atoms with Crippen molar-refractivity contribution < 1.29 is 12.8 Å². The van der Waals surface area contributed by atoms with E-state index in [4.69, 9.17) is 12.2 Å². The topological polar surface area (TPSA) is 52.7 Å². The summed E-state index contributed by atoms with van der Waals surface area (Å²) in [6, 6.07) is 15.1. The summed E-state index contributed by atoms with van der Waals surface area (Å²) in [6.45, 7) is 1.81. The van der Waals surface area contributed by atoms with Gasteiger partial charge in [0.15, 0.2) is 5.11 Å². The number of halogens is 1. The predicted octanol–water partition coefficient (Wildman–Crippen LogP) is 2.67. The molecular weight excluding hydrogens is 373 g/mol. The molecule has 1 saturated heterocycles. The number of nitrogens with zero attached hydrogens (tertiary/aromatic N) is 2. The SMILES string of the molecule is O=S(=O)(Cc1ccccc1)N1CCN(C(=S)Nc2ccc(F)cc2)CC1. The van der Waals surface area contributed by atoms with Crippen molar-refractivity contribution in [1.29, 1.82) is 0 Å². The Labute approximate surface area is 158 Å². The molecule has 1 N–H and O–H groups in total. The van der Waals surface area contributed by atoms with Crippen LogP contribution in [0.4, 0.5) is 10.1 Å². The Morgan fingerprint density at radius 3 is 2.23 bits per heavy atom. The number of hydrogen-bond donors (Lipinski definition) is 1. The maximum Gasteiger partial charge on any atom is 0.218 e. The Balaban J connectivity index is 1.54. The molecule has 0 aliphatic carbocycles. The molecule has 0 atom stereocenters. The van der Waals surface area contributed by atoms with E-state index in [-0.39, 0.29) is 11.6 Å². The van der Waals surface area contributed by atoms with Crippen LogP contribution in [0.25, 0.3) is 0 Å². The average molecular weight is 394 g/mol. The van der Waals surface area contributed by atoms with E-state index in [0.29, 0.717) is 37.0 Å². The number of nitrogens with one attached hydrogen (secondary N) is 1. The van der Waals surface area contributed by atoms with Gasteiger partial charge in [-0.05, 0) is 42.0 Å². The lowest BCUT2D eigenvalue weighted by Crippen LogP contribution is -2.51. The molecule has 26 heavy (non-hydrogen) atoms. The molecule has 0 saturated carbocycles. The average Bonchev–Trinajstić information content (AvgIpc) is 2.64. The van der Waals surface area contributed by atoms with Gasteiger partial charge >= 0.3 is 0 Å². The molecule has 1 aliphatic rings. The number of benzene rings is 2. The second-order valence-corrected chi connectivity index (χ2v) is 8.42. The molecule has 1 heterocycles. The molecule has 1 aliphatic heterocycles. The van der Waals surface area contributed by atoms with Crippen LogP contribution >= 0.6 is 12.2 Å². The zero-order chi connectivity index (χ0) is 18.6. The fraction of sp³-hybridized carbons (Fsp3) is 0.278. The Bertz CT molecular complexity index is 850. The minimum Gasteiger partial charge on any atom is -0.346 e. The van der Waals surface area contributed by atoms with Crippen LogP contribution in [-0.2, 0) is 15.8 Å². The minimum absolute atomic E-state index is 0.00607. The number of hydrogen-bond acceptors (Lipinski definition) is 3. The fourth-order valence-corrected chi connectivity index (χ4v) is 4.60. The minimum atomic E-state index is -3.35. The summed E-state index contributed by atoms with van der Waals surface area (Å²) in [5.74, 6) is -0.301. The van der Waals surface area contributed by atoms with E-state index in [1.54, 1.807) is 12.1 Å². The molecule has 2 aromatic rings. The summed E-state index contributed by atoms with van der Waals surface area (Å²) in [7, 11) is -3.35. The molecule has 8 heteroatoms. The van der Waals surface area contributed by atoms with Crippen molar-refractivity contribution in [2.24, 2.45) is 0 Å². The Hall–Kier alpha value is -2.03. The van der Waals surface area contributed by atoms with E-state index in [1.807, 2.05) is 35.2 Å². The van der Waals surface area contributed by atoms with Gasteiger partial charge in [0.2, 0.25) is 10.0 Å². The molecule has 0 amide bonds. The second-order valence-electron chi connectivity index (χ2n) is 6.06. The summed E-state index contributed by atoms with van der Waals surface area (Å²) in [5.41, 5.74) is 1.49. The van der Waals surface area contributed by atoms with Crippen molar-refractivity contribution in [3.05, 3.63) is 66.0 Å². The van der Waals surface area contributed by atoms with Gasteiger partial charge in [-0.2, -0.15) is 4.31 Å². The Kier molecular flexibility index (Phi) is 5.85. The number of sulfonamides is 1. The first-order valence-corrected chi connectivity index (χ1v) is 10.3. The number of rotatable bonds is 4.